The van der Waals surface area contributed by atoms with Gasteiger partial charge in [-0.2, -0.15) is 0 Å². The summed E-state index contributed by atoms with van der Waals surface area (Å²) in [7, 11) is 0. The van der Waals surface area contributed by atoms with Crippen LogP contribution in [0.2, 0.25) is 0 Å². The minimum atomic E-state index is -0.0238. The molecule has 1 aliphatic heterocycles. The monoisotopic (exact) mass is 310 g/mol. The minimum Gasteiger partial charge on any atom is -0.341 e. The lowest BCUT2D eigenvalue weighted by atomic mass is 10.2. The second-order valence-electron chi connectivity index (χ2n) is 5.77. The Morgan fingerprint density at radius 1 is 1.13 bits per heavy atom. The van der Waals surface area contributed by atoms with Gasteiger partial charge in [0, 0.05) is 38.6 Å². The molecule has 120 valence electrons. The van der Waals surface area contributed by atoms with E-state index in [0.717, 1.165) is 24.6 Å². The van der Waals surface area contributed by atoms with Crippen LogP contribution in [0, 0.1) is 0 Å². The predicted octanol–water partition coefficient (Wildman–Crippen LogP) is 2.74. The Balaban J connectivity index is 1.70. The van der Waals surface area contributed by atoms with E-state index in [2.05, 4.69) is 14.9 Å². The first-order chi connectivity index (χ1) is 11.3. The normalized spacial score (nSPS) is 14.0. The molecule has 1 amide bonds. The van der Waals surface area contributed by atoms with Crippen molar-refractivity contribution in [3.63, 3.8) is 0 Å². The molecule has 0 bridgehead atoms. The first kappa shape index (κ1) is 15.5. The Morgan fingerprint density at radius 2 is 1.78 bits per heavy atom. The van der Waals surface area contributed by atoms with Crippen molar-refractivity contribution in [3.8, 4) is 0 Å². The minimum absolute atomic E-state index is 0.0238. The zero-order valence-electron chi connectivity index (χ0n) is 13.5. The van der Waals surface area contributed by atoms with E-state index in [4.69, 9.17) is 0 Å². The second kappa shape index (κ2) is 7.22. The van der Waals surface area contributed by atoms with Crippen LogP contribution in [0.4, 0.5) is 5.95 Å². The molecule has 0 aliphatic carbocycles. The van der Waals surface area contributed by atoms with E-state index in [9.17, 15) is 4.79 Å². The molecule has 2 heterocycles. The quantitative estimate of drug-likeness (QED) is 0.852. The van der Waals surface area contributed by atoms with Gasteiger partial charge in [0.05, 0.1) is 5.56 Å². The third kappa shape index (κ3) is 3.67. The number of hydrogen-bond acceptors (Lipinski definition) is 4. The molecule has 0 saturated carbocycles. The molecule has 0 N–H and O–H groups in total. The maximum absolute atomic E-state index is 12.6. The fourth-order valence-electron chi connectivity index (χ4n) is 2.83. The lowest BCUT2D eigenvalue weighted by Crippen LogP contribution is -2.30. The first-order valence-electron chi connectivity index (χ1n) is 8.18. The molecule has 0 spiro atoms. The molecular formula is C18H22N4O. The maximum atomic E-state index is 12.6. The topological polar surface area (TPSA) is 49.3 Å². The Kier molecular flexibility index (Phi) is 4.86. The molecular weight excluding hydrogens is 288 g/mol. The summed E-state index contributed by atoms with van der Waals surface area (Å²) in [5.41, 5.74) is 1.67. The van der Waals surface area contributed by atoms with Gasteiger partial charge >= 0.3 is 0 Å². The number of hydrogen-bond donors (Lipinski definition) is 0. The summed E-state index contributed by atoms with van der Waals surface area (Å²) in [4.78, 5) is 25.4. The van der Waals surface area contributed by atoms with Crippen molar-refractivity contribution in [2.45, 2.75) is 26.3 Å². The first-order valence-corrected chi connectivity index (χ1v) is 8.18. The maximum Gasteiger partial charge on any atom is 0.257 e. The van der Waals surface area contributed by atoms with Crippen LogP contribution in [0.1, 0.15) is 35.7 Å². The molecule has 5 nitrogen and oxygen atoms in total. The van der Waals surface area contributed by atoms with E-state index in [1.807, 2.05) is 42.2 Å². The highest BCUT2D eigenvalue weighted by Crippen LogP contribution is 2.16. The molecule has 3 rings (SSSR count). The zero-order valence-corrected chi connectivity index (χ0v) is 13.5. The van der Waals surface area contributed by atoms with Crippen molar-refractivity contribution in [2.75, 3.05) is 24.5 Å². The average Bonchev–Trinajstić information content (AvgIpc) is 3.15. The van der Waals surface area contributed by atoms with Crippen LogP contribution < -0.4 is 4.90 Å². The van der Waals surface area contributed by atoms with Crippen molar-refractivity contribution < 1.29 is 4.79 Å². The summed E-state index contributed by atoms with van der Waals surface area (Å²) in [5.74, 6) is 0.703. The zero-order chi connectivity index (χ0) is 16.1. The van der Waals surface area contributed by atoms with Crippen LogP contribution in [0.3, 0.4) is 0 Å². The van der Waals surface area contributed by atoms with Crippen LogP contribution in [0.15, 0.2) is 42.7 Å². The summed E-state index contributed by atoms with van der Waals surface area (Å²) in [6.45, 7) is 5.25. The average molecular weight is 310 g/mol. The van der Waals surface area contributed by atoms with E-state index < -0.39 is 0 Å². The van der Waals surface area contributed by atoms with E-state index in [0.29, 0.717) is 18.7 Å². The smallest absolute Gasteiger partial charge is 0.257 e. The van der Waals surface area contributed by atoms with Crippen LogP contribution in [-0.2, 0) is 6.54 Å². The molecule has 1 saturated heterocycles. The summed E-state index contributed by atoms with van der Waals surface area (Å²) in [5, 5.41) is 0. The van der Waals surface area contributed by atoms with Crippen molar-refractivity contribution in [1.29, 1.82) is 0 Å². The van der Waals surface area contributed by atoms with Crippen molar-refractivity contribution in [1.82, 2.24) is 14.9 Å². The van der Waals surface area contributed by atoms with Crippen molar-refractivity contribution in [2.24, 2.45) is 0 Å². The fraction of sp³-hybridized carbons (Fsp3) is 0.389. The Morgan fingerprint density at radius 3 is 2.39 bits per heavy atom. The van der Waals surface area contributed by atoms with Gasteiger partial charge in [-0.15, -0.1) is 0 Å². The third-order valence-electron chi connectivity index (χ3n) is 4.16. The molecule has 2 aromatic rings. The number of amides is 1. The van der Waals surface area contributed by atoms with E-state index in [1.165, 1.54) is 12.8 Å². The SMILES string of the molecule is CCN(Cc1ccccc1)C(=O)c1cnc(N2CCCC2)nc1. The van der Waals surface area contributed by atoms with Gasteiger partial charge in [0.15, 0.2) is 0 Å². The van der Waals surface area contributed by atoms with Gasteiger partial charge in [-0.05, 0) is 25.3 Å². The summed E-state index contributed by atoms with van der Waals surface area (Å²) in [6.07, 6.45) is 5.67. The standard InChI is InChI=1S/C18H22N4O/c1-2-21(14-15-8-4-3-5-9-15)17(23)16-12-19-18(20-13-16)22-10-6-7-11-22/h3-5,8-9,12-13H,2,6-7,10-11,14H2,1H3. The molecule has 5 heteroatoms. The van der Waals surface area contributed by atoms with E-state index >= 15 is 0 Å². The van der Waals surface area contributed by atoms with Gasteiger partial charge < -0.3 is 9.80 Å². The Hall–Kier alpha value is -2.43. The summed E-state index contributed by atoms with van der Waals surface area (Å²) < 4.78 is 0. The lowest BCUT2D eigenvalue weighted by molar-refractivity contribution is 0.0751. The van der Waals surface area contributed by atoms with Crippen LogP contribution in [0.5, 0.6) is 0 Å². The summed E-state index contributed by atoms with van der Waals surface area (Å²) >= 11 is 0. The summed E-state index contributed by atoms with van der Waals surface area (Å²) in [6, 6.07) is 10.0. The highest BCUT2D eigenvalue weighted by Gasteiger charge is 2.18. The molecule has 0 unspecified atom stereocenters. The van der Waals surface area contributed by atoms with Crippen molar-refractivity contribution >= 4 is 11.9 Å². The van der Waals surface area contributed by atoms with Crippen LogP contribution in [-0.4, -0.2) is 40.4 Å². The highest BCUT2D eigenvalue weighted by atomic mass is 16.2. The van der Waals surface area contributed by atoms with Gasteiger partial charge in [0.2, 0.25) is 5.95 Å². The van der Waals surface area contributed by atoms with Gasteiger partial charge in [-0.25, -0.2) is 9.97 Å². The van der Waals surface area contributed by atoms with Gasteiger partial charge in [-0.1, -0.05) is 30.3 Å². The number of nitrogens with zero attached hydrogens (tertiary/aromatic N) is 4. The molecule has 1 aliphatic rings. The number of carbonyl (C=O) groups is 1. The number of aromatic nitrogens is 2. The molecule has 1 aromatic carbocycles. The van der Waals surface area contributed by atoms with Crippen LogP contribution >= 0.6 is 0 Å². The van der Waals surface area contributed by atoms with E-state index in [1.54, 1.807) is 12.4 Å². The second-order valence-corrected chi connectivity index (χ2v) is 5.77. The highest BCUT2D eigenvalue weighted by molar-refractivity contribution is 5.93. The van der Waals surface area contributed by atoms with Gasteiger partial charge in [0.1, 0.15) is 0 Å². The number of anilines is 1. The number of carbonyl (C=O) groups excluding carboxylic acids is 1. The molecule has 1 aromatic heterocycles. The predicted molar refractivity (Wildman–Crippen MR) is 90.3 cm³/mol. The number of rotatable bonds is 5. The van der Waals surface area contributed by atoms with Gasteiger partial charge in [-0.3, -0.25) is 4.79 Å². The molecule has 1 fully saturated rings. The Bertz CT molecular complexity index is 636. The lowest BCUT2D eigenvalue weighted by Gasteiger charge is -2.21. The number of benzene rings is 1. The molecule has 0 radical (unpaired) electrons. The fourth-order valence-corrected chi connectivity index (χ4v) is 2.83. The molecule has 0 atom stereocenters. The van der Waals surface area contributed by atoms with Crippen molar-refractivity contribution in [3.05, 3.63) is 53.9 Å². The largest absolute Gasteiger partial charge is 0.341 e. The van der Waals surface area contributed by atoms with Gasteiger partial charge in [0.25, 0.3) is 5.91 Å². The Labute approximate surface area is 137 Å². The van der Waals surface area contributed by atoms with E-state index in [-0.39, 0.29) is 5.91 Å². The third-order valence-corrected chi connectivity index (χ3v) is 4.16. The molecule has 23 heavy (non-hydrogen) atoms. The van der Waals surface area contributed by atoms with Crippen LogP contribution in [0.25, 0.3) is 0 Å².